The lowest BCUT2D eigenvalue weighted by atomic mass is 10.1. The van der Waals surface area contributed by atoms with Crippen molar-refractivity contribution in [3.63, 3.8) is 0 Å². The third kappa shape index (κ3) is 1.72. The fourth-order valence-corrected chi connectivity index (χ4v) is 3.83. The third-order valence-corrected chi connectivity index (χ3v) is 4.41. The van der Waals surface area contributed by atoms with Gasteiger partial charge in [0, 0.05) is 27.5 Å². The van der Waals surface area contributed by atoms with Gasteiger partial charge in [0.25, 0.3) is 0 Å². The van der Waals surface area contributed by atoms with Crippen molar-refractivity contribution in [1.82, 2.24) is 4.90 Å². The predicted octanol–water partition coefficient (Wildman–Crippen LogP) is 2.46. The monoisotopic (exact) mass is 304 g/mol. The molecule has 0 atom stereocenters. The molecule has 13 heavy (non-hydrogen) atoms. The lowest BCUT2D eigenvalue weighted by Crippen LogP contribution is -2.44. The molecule has 0 unspecified atom stereocenters. The van der Waals surface area contributed by atoms with Crippen molar-refractivity contribution in [1.29, 1.82) is 0 Å². The fourth-order valence-electron chi connectivity index (χ4n) is 1.44. The second-order valence-corrected chi connectivity index (χ2v) is 5.19. The Kier molecular flexibility index (Phi) is 2.33. The molecule has 2 aliphatic heterocycles. The first-order valence-corrected chi connectivity index (χ1v) is 6.06. The lowest BCUT2D eigenvalue weighted by Gasteiger charge is -2.28. The second-order valence-electron chi connectivity index (χ2n) is 2.98. The summed E-state index contributed by atoms with van der Waals surface area (Å²) in [6, 6.07) is 0. The number of halogens is 4. The molecule has 2 aliphatic rings. The highest BCUT2D eigenvalue weighted by atomic mass is 127. The van der Waals surface area contributed by atoms with Crippen molar-refractivity contribution in [2.45, 2.75) is 25.4 Å². The number of rotatable bonds is 0. The van der Waals surface area contributed by atoms with Crippen LogP contribution in [0, 0.1) is 0 Å². The zero-order chi connectivity index (χ0) is 9.47. The first kappa shape index (κ1) is 9.42. The molecule has 6 heteroatoms. The number of hydrogen-bond donors (Lipinski definition) is 0. The molecule has 1 fully saturated rings. The molecule has 0 aromatic heterocycles. The maximum atomic E-state index is 12.4. The number of piperidine rings is 1. The molecule has 2 rings (SSSR count). The minimum atomic E-state index is -4.25. The van der Waals surface area contributed by atoms with Gasteiger partial charge >= 0.3 is 6.18 Å². The van der Waals surface area contributed by atoms with Gasteiger partial charge in [-0.1, -0.05) is 0 Å². The fraction of sp³-hybridized carbons (Fsp3) is 0.714. The number of amidine groups is 1. The van der Waals surface area contributed by atoms with Gasteiger partial charge in [0.05, 0.1) is 3.63 Å². The Morgan fingerprint density at radius 3 is 2.77 bits per heavy atom. The first-order chi connectivity index (χ1) is 6.09. The Bertz CT molecular complexity index is 282. The van der Waals surface area contributed by atoms with Gasteiger partial charge in [0.15, 0.2) is 0 Å². The van der Waals surface area contributed by atoms with E-state index in [-0.39, 0.29) is 0 Å². The molecular formula is C7H8F3IN2. The van der Waals surface area contributed by atoms with Crippen molar-refractivity contribution in [2.24, 2.45) is 3.21 Å². The van der Waals surface area contributed by atoms with E-state index >= 15 is 0 Å². The van der Waals surface area contributed by atoms with E-state index in [9.17, 15) is 13.2 Å². The van der Waals surface area contributed by atoms with Crippen molar-refractivity contribution in [2.75, 3.05) is 6.54 Å². The van der Waals surface area contributed by atoms with Gasteiger partial charge in [0.2, 0.25) is 5.84 Å². The molecule has 0 radical (unpaired) electrons. The smallest absolute Gasteiger partial charge is 0.319 e. The maximum absolute atomic E-state index is 12.4. The summed E-state index contributed by atoms with van der Waals surface area (Å²) in [4.78, 5) is 1.39. The molecule has 0 bridgehead atoms. The van der Waals surface area contributed by atoms with E-state index in [1.165, 1.54) is 4.90 Å². The van der Waals surface area contributed by atoms with Crippen LogP contribution in [-0.2, 0) is 0 Å². The Balaban J connectivity index is 2.19. The van der Waals surface area contributed by atoms with E-state index < -0.39 is 33.0 Å². The number of hydrogen-bond acceptors (Lipinski definition) is 2. The molecule has 0 amide bonds. The topological polar surface area (TPSA) is 15.6 Å². The van der Waals surface area contributed by atoms with Crippen molar-refractivity contribution in [3.8, 4) is 0 Å². The van der Waals surface area contributed by atoms with Gasteiger partial charge in [-0.05, 0) is 19.3 Å². The Labute approximate surface area is 83.9 Å². The number of alkyl halides is 3. The average molecular weight is 304 g/mol. The summed E-state index contributed by atoms with van der Waals surface area (Å²) in [5.74, 6) is -0.644. The summed E-state index contributed by atoms with van der Waals surface area (Å²) in [6.07, 6.45) is -1.57. The van der Waals surface area contributed by atoms with Crippen molar-refractivity contribution >= 4 is 30.5 Å². The van der Waals surface area contributed by atoms with E-state index in [2.05, 4.69) is 3.21 Å². The van der Waals surface area contributed by atoms with Crippen LogP contribution in [0.3, 0.4) is 0 Å². The molecule has 0 aromatic carbocycles. The highest BCUT2D eigenvalue weighted by Crippen LogP contribution is 2.32. The Morgan fingerprint density at radius 1 is 1.31 bits per heavy atom. The van der Waals surface area contributed by atoms with Crippen LogP contribution in [0.25, 0.3) is 0 Å². The Hall–Kier alpha value is -0.140. The molecule has 74 valence electrons. The van der Waals surface area contributed by atoms with E-state index in [0.717, 1.165) is 22.9 Å². The number of nitrogens with zero attached hydrogens (tertiary/aromatic N) is 2. The molecule has 0 saturated carbocycles. The Morgan fingerprint density at radius 2 is 2.08 bits per heavy atom. The van der Waals surface area contributed by atoms with E-state index in [0.29, 0.717) is 6.54 Å². The third-order valence-electron chi connectivity index (χ3n) is 2.04. The average Bonchev–Trinajstić information content (AvgIpc) is 2.45. The standard InChI is InChI=1S/C7H8F3IN2/c8-7(9,10)6-12-11-5-3-1-2-4-13(5)6/h1-4H2. The predicted molar refractivity (Wildman–Crippen MR) is 53.1 cm³/mol. The van der Waals surface area contributed by atoms with E-state index in [1.54, 1.807) is 0 Å². The highest BCUT2D eigenvalue weighted by molar-refractivity contribution is 14.2. The zero-order valence-electron chi connectivity index (χ0n) is 6.73. The van der Waals surface area contributed by atoms with Gasteiger partial charge in [-0.15, -0.1) is 0 Å². The molecule has 0 aromatic rings. The van der Waals surface area contributed by atoms with Crippen LogP contribution in [0.2, 0.25) is 0 Å². The largest absolute Gasteiger partial charge is 0.450 e. The van der Waals surface area contributed by atoms with Gasteiger partial charge in [-0.25, -0.2) is 0 Å². The van der Waals surface area contributed by atoms with Gasteiger partial charge in [0.1, 0.15) is 0 Å². The zero-order valence-corrected chi connectivity index (χ0v) is 8.89. The minimum absolute atomic E-state index is 0.507. The maximum Gasteiger partial charge on any atom is 0.450 e. The summed E-state index contributed by atoms with van der Waals surface area (Å²) < 4.78 is 41.7. The van der Waals surface area contributed by atoms with E-state index in [4.69, 9.17) is 0 Å². The summed E-state index contributed by atoms with van der Waals surface area (Å²) in [5, 5.41) is 0. The van der Waals surface area contributed by atoms with Crippen LogP contribution >= 0.6 is 21.0 Å². The molecule has 2 nitrogen and oxygen atoms in total. The minimum Gasteiger partial charge on any atom is -0.319 e. The molecule has 2 heterocycles. The van der Waals surface area contributed by atoms with Crippen LogP contribution in [0.5, 0.6) is 0 Å². The number of fused-ring (bicyclic) bond motifs is 1. The van der Waals surface area contributed by atoms with Gasteiger partial charge in [-0.2, -0.15) is 16.4 Å². The normalized spacial score (nSPS) is 23.2. The van der Waals surface area contributed by atoms with Gasteiger partial charge < -0.3 is 4.90 Å². The van der Waals surface area contributed by atoms with Crippen LogP contribution < -0.4 is 0 Å². The lowest BCUT2D eigenvalue weighted by molar-refractivity contribution is -0.0657. The summed E-state index contributed by atoms with van der Waals surface area (Å²) in [7, 11) is 0. The summed E-state index contributed by atoms with van der Waals surface area (Å²) in [5.41, 5.74) is 0. The first-order valence-electron chi connectivity index (χ1n) is 4.02. The quantitative estimate of drug-likeness (QED) is 0.628. The molecule has 0 aliphatic carbocycles. The molecular weight excluding hydrogens is 296 g/mol. The van der Waals surface area contributed by atoms with Crippen LogP contribution in [-0.4, -0.2) is 27.1 Å². The second kappa shape index (κ2) is 3.21. The van der Waals surface area contributed by atoms with Crippen LogP contribution in [0.15, 0.2) is 3.21 Å². The summed E-state index contributed by atoms with van der Waals surface area (Å²) >= 11 is -0.715. The van der Waals surface area contributed by atoms with E-state index in [1.807, 2.05) is 0 Å². The van der Waals surface area contributed by atoms with Gasteiger partial charge in [-0.3, -0.25) is 0 Å². The molecule has 1 saturated heterocycles. The van der Waals surface area contributed by atoms with Crippen molar-refractivity contribution < 1.29 is 13.2 Å². The molecule has 0 N–H and O–H groups in total. The highest BCUT2D eigenvalue weighted by Gasteiger charge is 2.43. The SMILES string of the molecule is FC(F)(F)C1=NI=C2CCCCN12. The molecule has 0 spiro atoms. The van der Waals surface area contributed by atoms with Crippen LogP contribution in [0.4, 0.5) is 13.2 Å². The van der Waals surface area contributed by atoms with Crippen LogP contribution in [0.1, 0.15) is 19.3 Å². The summed E-state index contributed by atoms with van der Waals surface area (Å²) in [6.45, 7) is 0.507. The van der Waals surface area contributed by atoms with Crippen molar-refractivity contribution in [3.05, 3.63) is 0 Å².